The summed E-state index contributed by atoms with van der Waals surface area (Å²) in [4.78, 5) is 18.9. The van der Waals surface area contributed by atoms with Gasteiger partial charge in [-0.1, -0.05) is 24.8 Å². The minimum atomic E-state index is -0.347. The first-order chi connectivity index (χ1) is 11.6. The second-order valence-corrected chi connectivity index (χ2v) is 6.60. The van der Waals surface area contributed by atoms with E-state index in [9.17, 15) is 4.79 Å². The fourth-order valence-electron chi connectivity index (χ4n) is 3.18. The highest BCUT2D eigenvalue weighted by Gasteiger charge is 2.24. The van der Waals surface area contributed by atoms with Crippen LogP contribution in [0.25, 0.3) is 0 Å². The summed E-state index contributed by atoms with van der Waals surface area (Å²) in [6.07, 6.45) is 3.54. The number of nitrogens with one attached hydrogen (secondary N) is 1. The van der Waals surface area contributed by atoms with Crippen LogP contribution >= 0.6 is 0 Å². The fraction of sp³-hybridized carbons (Fsp3) is 0.474. The van der Waals surface area contributed by atoms with Crippen molar-refractivity contribution >= 4 is 17.6 Å². The number of piperidine rings is 1. The molecule has 1 saturated heterocycles. The van der Waals surface area contributed by atoms with Crippen LogP contribution in [0.5, 0.6) is 0 Å². The molecular formula is C19H25N3O2. The van der Waals surface area contributed by atoms with Crippen LogP contribution in [-0.4, -0.2) is 42.6 Å². The summed E-state index contributed by atoms with van der Waals surface area (Å²) in [5, 5.41) is 2.94. The smallest absolute Gasteiger partial charge is 0.407 e. The molecule has 2 aliphatic heterocycles. The zero-order valence-corrected chi connectivity index (χ0v) is 14.3. The van der Waals surface area contributed by atoms with Crippen molar-refractivity contribution in [3.63, 3.8) is 0 Å². The number of hydrogen-bond donors (Lipinski definition) is 1. The predicted octanol–water partition coefficient (Wildman–Crippen LogP) is 3.43. The summed E-state index contributed by atoms with van der Waals surface area (Å²) in [6, 6.07) is 8.53. The molecule has 0 unspecified atom stereocenters. The van der Waals surface area contributed by atoms with Gasteiger partial charge in [-0.25, -0.2) is 9.79 Å². The highest BCUT2D eigenvalue weighted by molar-refractivity contribution is 5.87. The van der Waals surface area contributed by atoms with Gasteiger partial charge in [-0.05, 0) is 43.4 Å². The Kier molecular flexibility index (Phi) is 5.18. The van der Waals surface area contributed by atoms with Crippen LogP contribution < -0.4 is 5.32 Å². The lowest BCUT2D eigenvalue weighted by molar-refractivity contribution is 0.146. The number of alkyl carbamates (subject to hydrolysis) is 1. The minimum absolute atomic E-state index is 0.176. The molecule has 0 saturated carbocycles. The van der Waals surface area contributed by atoms with Crippen molar-refractivity contribution in [2.75, 3.05) is 19.7 Å². The van der Waals surface area contributed by atoms with Gasteiger partial charge in [-0.2, -0.15) is 0 Å². The average Bonchev–Trinajstić information content (AvgIpc) is 2.60. The zero-order chi connectivity index (χ0) is 16.9. The van der Waals surface area contributed by atoms with Gasteiger partial charge >= 0.3 is 6.09 Å². The molecule has 3 rings (SSSR count). The Hall–Kier alpha value is -2.30. The monoisotopic (exact) mass is 327 g/mol. The number of carbonyl (C=O) groups is 1. The van der Waals surface area contributed by atoms with Crippen LogP contribution in [0, 0.1) is 0 Å². The van der Waals surface area contributed by atoms with E-state index >= 15 is 0 Å². The summed E-state index contributed by atoms with van der Waals surface area (Å²) in [6.45, 7) is 7.69. The van der Waals surface area contributed by atoms with Crippen molar-refractivity contribution in [3.05, 3.63) is 42.0 Å². The molecule has 2 heterocycles. The third-order valence-corrected chi connectivity index (χ3v) is 4.49. The molecule has 1 amide bonds. The second kappa shape index (κ2) is 7.51. The van der Waals surface area contributed by atoms with E-state index in [1.165, 1.54) is 11.4 Å². The molecule has 0 aliphatic carbocycles. The standard InChI is InChI=1S/C19H25N3O2/c1-14(2)13-24-19(23)20-16-9-11-22(12-10-16)18-8-7-15-5-3-4-6-17(15)21-18/h3-6,16H,1,7-13H2,2H3,(H,20,23). The maximum Gasteiger partial charge on any atom is 0.407 e. The number of nitrogens with zero attached hydrogens (tertiary/aromatic N) is 2. The summed E-state index contributed by atoms with van der Waals surface area (Å²) < 4.78 is 5.10. The Labute approximate surface area is 143 Å². The molecule has 0 radical (unpaired) electrons. The van der Waals surface area contributed by atoms with E-state index in [-0.39, 0.29) is 18.7 Å². The van der Waals surface area contributed by atoms with Gasteiger partial charge in [0.25, 0.3) is 0 Å². The number of fused-ring (bicyclic) bond motifs is 1. The topological polar surface area (TPSA) is 53.9 Å². The number of aryl methyl sites for hydroxylation is 1. The second-order valence-electron chi connectivity index (χ2n) is 6.60. The molecule has 1 aromatic carbocycles. The van der Waals surface area contributed by atoms with Crippen molar-refractivity contribution < 1.29 is 9.53 Å². The van der Waals surface area contributed by atoms with E-state index in [2.05, 4.69) is 35.0 Å². The lowest BCUT2D eigenvalue weighted by atomic mass is 10.0. The van der Waals surface area contributed by atoms with E-state index < -0.39 is 0 Å². The molecular weight excluding hydrogens is 302 g/mol. The van der Waals surface area contributed by atoms with Crippen LogP contribution in [0.1, 0.15) is 31.7 Å². The first kappa shape index (κ1) is 16.6. The predicted molar refractivity (Wildman–Crippen MR) is 95.8 cm³/mol. The van der Waals surface area contributed by atoms with Gasteiger partial charge in [0.1, 0.15) is 12.4 Å². The van der Waals surface area contributed by atoms with Crippen LogP contribution in [0.2, 0.25) is 0 Å². The summed E-state index contributed by atoms with van der Waals surface area (Å²) in [5.74, 6) is 1.18. The van der Waals surface area contributed by atoms with Crippen molar-refractivity contribution in [3.8, 4) is 0 Å². The van der Waals surface area contributed by atoms with Crippen molar-refractivity contribution in [2.45, 2.75) is 38.6 Å². The number of benzene rings is 1. The first-order valence-electron chi connectivity index (χ1n) is 8.60. The quantitative estimate of drug-likeness (QED) is 0.865. The van der Waals surface area contributed by atoms with E-state index in [1.807, 2.05) is 13.0 Å². The molecule has 24 heavy (non-hydrogen) atoms. The number of amidine groups is 1. The number of ether oxygens (including phenoxy) is 1. The number of aliphatic imine (C=N–C) groups is 1. The Bertz CT molecular complexity index is 646. The molecule has 0 bridgehead atoms. The van der Waals surface area contributed by atoms with Crippen LogP contribution in [0.15, 0.2) is 41.4 Å². The van der Waals surface area contributed by atoms with E-state index in [1.54, 1.807) is 0 Å². The molecule has 5 heteroatoms. The van der Waals surface area contributed by atoms with E-state index in [0.29, 0.717) is 0 Å². The normalized spacial score (nSPS) is 17.7. The van der Waals surface area contributed by atoms with Gasteiger partial charge in [0.2, 0.25) is 0 Å². The molecule has 0 spiro atoms. The summed E-state index contributed by atoms with van der Waals surface area (Å²) in [7, 11) is 0. The van der Waals surface area contributed by atoms with Crippen molar-refractivity contribution in [2.24, 2.45) is 4.99 Å². The molecule has 0 atom stereocenters. The molecule has 1 aromatic rings. The lowest BCUT2D eigenvalue weighted by Gasteiger charge is -2.35. The molecule has 5 nitrogen and oxygen atoms in total. The van der Waals surface area contributed by atoms with Gasteiger partial charge in [0.15, 0.2) is 0 Å². The summed E-state index contributed by atoms with van der Waals surface area (Å²) >= 11 is 0. The first-order valence-corrected chi connectivity index (χ1v) is 8.60. The highest BCUT2D eigenvalue weighted by atomic mass is 16.5. The van der Waals surface area contributed by atoms with Crippen molar-refractivity contribution in [1.82, 2.24) is 10.2 Å². The largest absolute Gasteiger partial charge is 0.445 e. The number of amides is 1. The number of para-hydroxylation sites is 1. The third-order valence-electron chi connectivity index (χ3n) is 4.49. The SMILES string of the molecule is C=C(C)COC(=O)NC1CCN(C2=Nc3ccccc3CC2)CC1. The Morgan fingerprint density at radius 2 is 2.08 bits per heavy atom. The molecule has 0 aromatic heterocycles. The third kappa shape index (κ3) is 4.16. The van der Waals surface area contributed by atoms with Crippen LogP contribution in [-0.2, 0) is 11.2 Å². The maximum atomic E-state index is 11.7. The number of likely N-dealkylation sites (tertiary alicyclic amines) is 1. The molecule has 1 fully saturated rings. The van der Waals surface area contributed by atoms with Gasteiger partial charge in [-0.15, -0.1) is 0 Å². The summed E-state index contributed by atoms with van der Waals surface area (Å²) in [5.41, 5.74) is 3.27. The van der Waals surface area contributed by atoms with Gasteiger partial charge in [-0.3, -0.25) is 0 Å². The number of rotatable bonds is 3. The molecule has 1 N–H and O–H groups in total. The molecule has 2 aliphatic rings. The number of hydrogen-bond acceptors (Lipinski definition) is 4. The maximum absolute atomic E-state index is 11.7. The lowest BCUT2D eigenvalue weighted by Crippen LogP contribution is -2.47. The Balaban J connectivity index is 1.50. The molecule has 128 valence electrons. The minimum Gasteiger partial charge on any atom is -0.445 e. The van der Waals surface area contributed by atoms with Gasteiger partial charge in [0, 0.05) is 25.6 Å². The van der Waals surface area contributed by atoms with E-state index in [0.717, 1.165) is 50.0 Å². The highest BCUT2D eigenvalue weighted by Crippen LogP contribution is 2.27. The van der Waals surface area contributed by atoms with Gasteiger partial charge in [0.05, 0.1) is 5.69 Å². The Morgan fingerprint density at radius 3 is 2.83 bits per heavy atom. The zero-order valence-electron chi connectivity index (χ0n) is 14.3. The average molecular weight is 327 g/mol. The van der Waals surface area contributed by atoms with Crippen LogP contribution in [0.3, 0.4) is 0 Å². The van der Waals surface area contributed by atoms with Crippen LogP contribution in [0.4, 0.5) is 10.5 Å². The fourth-order valence-corrected chi connectivity index (χ4v) is 3.18. The van der Waals surface area contributed by atoms with E-state index in [4.69, 9.17) is 9.73 Å². The van der Waals surface area contributed by atoms with Gasteiger partial charge < -0.3 is 15.0 Å². The number of carbonyl (C=O) groups excluding carboxylic acids is 1. The Morgan fingerprint density at radius 1 is 1.33 bits per heavy atom. The van der Waals surface area contributed by atoms with Crippen molar-refractivity contribution in [1.29, 1.82) is 0 Å².